The number of hydrogen-bond acceptors (Lipinski definition) is 3. The monoisotopic (exact) mass is 245 g/mol. The van der Waals surface area contributed by atoms with E-state index in [-0.39, 0.29) is 17.9 Å². The second-order valence-corrected chi connectivity index (χ2v) is 6.54. The average molecular weight is 245 g/mol. The fraction of sp³-hybridized carbons (Fsp3) is 0.455. The van der Waals surface area contributed by atoms with Gasteiger partial charge in [-0.1, -0.05) is 12.1 Å². The van der Waals surface area contributed by atoms with Gasteiger partial charge in [-0.2, -0.15) is 0 Å². The summed E-state index contributed by atoms with van der Waals surface area (Å²) in [7, 11) is -3.28. The topological polar surface area (TPSA) is 60.2 Å². The van der Waals surface area contributed by atoms with E-state index in [0.717, 1.165) is 5.56 Å². The van der Waals surface area contributed by atoms with E-state index in [0.29, 0.717) is 0 Å². The van der Waals surface area contributed by atoms with Crippen molar-refractivity contribution in [3.05, 3.63) is 35.1 Å². The average Bonchev–Trinajstić information content (AvgIpc) is 2.21. The molecule has 0 heterocycles. The van der Waals surface area contributed by atoms with Crippen LogP contribution in [0.25, 0.3) is 0 Å². The van der Waals surface area contributed by atoms with Crippen molar-refractivity contribution >= 4 is 9.84 Å². The molecule has 0 atom stereocenters. The second-order valence-electron chi connectivity index (χ2n) is 3.99. The maximum atomic E-state index is 13.4. The third kappa shape index (κ3) is 3.02. The maximum absolute atomic E-state index is 13.4. The van der Waals surface area contributed by atoms with Gasteiger partial charge < -0.3 is 5.73 Å². The van der Waals surface area contributed by atoms with Crippen molar-refractivity contribution in [1.82, 2.24) is 0 Å². The SMILES string of the molecule is CC(C)S(=O)(=O)Cc1cc(CN)ccc1F. The van der Waals surface area contributed by atoms with Crippen molar-refractivity contribution in [1.29, 1.82) is 0 Å². The summed E-state index contributed by atoms with van der Waals surface area (Å²) in [4.78, 5) is 0. The minimum atomic E-state index is -3.28. The molecule has 0 amide bonds. The molecule has 2 N–H and O–H groups in total. The largest absolute Gasteiger partial charge is 0.326 e. The van der Waals surface area contributed by atoms with Gasteiger partial charge in [0.15, 0.2) is 9.84 Å². The van der Waals surface area contributed by atoms with E-state index >= 15 is 0 Å². The zero-order valence-electron chi connectivity index (χ0n) is 9.40. The van der Waals surface area contributed by atoms with Crippen molar-refractivity contribution in [2.75, 3.05) is 0 Å². The predicted molar refractivity (Wildman–Crippen MR) is 62.1 cm³/mol. The second kappa shape index (κ2) is 4.93. The number of nitrogens with two attached hydrogens (primary N) is 1. The lowest BCUT2D eigenvalue weighted by molar-refractivity contribution is 0.579. The quantitative estimate of drug-likeness (QED) is 0.876. The lowest BCUT2D eigenvalue weighted by atomic mass is 10.1. The molecule has 16 heavy (non-hydrogen) atoms. The first kappa shape index (κ1) is 13.1. The van der Waals surface area contributed by atoms with Crippen LogP contribution in [0.2, 0.25) is 0 Å². The molecule has 0 aliphatic carbocycles. The van der Waals surface area contributed by atoms with E-state index in [2.05, 4.69) is 0 Å². The van der Waals surface area contributed by atoms with E-state index in [9.17, 15) is 12.8 Å². The molecule has 0 saturated carbocycles. The van der Waals surface area contributed by atoms with Gasteiger partial charge in [0.1, 0.15) is 5.82 Å². The summed E-state index contributed by atoms with van der Waals surface area (Å²) in [6.07, 6.45) is 0. The Kier molecular flexibility index (Phi) is 4.04. The summed E-state index contributed by atoms with van der Waals surface area (Å²) in [5.41, 5.74) is 6.34. The smallest absolute Gasteiger partial charge is 0.156 e. The molecule has 0 saturated heterocycles. The van der Waals surface area contributed by atoms with Gasteiger partial charge in [-0.3, -0.25) is 0 Å². The molecule has 0 fully saturated rings. The molecule has 1 aromatic carbocycles. The molecular weight excluding hydrogens is 229 g/mol. The van der Waals surface area contributed by atoms with E-state index in [4.69, 9.17) is 5.73 Å². The van der Waals surface area contributed by atoms with Crippen LogP contribution in [0.15, 0.2) is 18.2 Å². The highest BCUT2D eigenvalue weighted by molar-refractivity contribution is 7.91. The fourth-order valence-electron chi connectivity index (χ4n) is 1.25. The van der Waals surface area contributed by atoms with Gasteiger partial charge in [-0.05, 0) is 25.5 Å². The highest BCUT2D eigenvalue weighted by atomic mass is 32.2. The Hall–Kier alpha value is -0.940. The third-order valence-corrected chi connectivity index (χ3v) is 4.57. The van der Waals surface area contributed by atoms with Crippen molar-refractivity contribution in [2.45, 2.75) is 31.4 Å². The molecule has 0 spiro atoms. The molecule has 1 rings (SSSR count). The third-order valence-electron chi connectivity index (χ3n) is 2.42. The van der Waals surface area contributed by atoms with Crippen LogP contribution in [0.3, 0.4) is 0 Å². The molecule has 0 aliphatic rings. The minimum absolute atomic E-state index is 0.191. The number of halogens is 1. The molecule has 0 aromatic heterocycles. The number of sulfone groups is 1. The summed E-state index contributed by atoms with van der Waals surface area (Å²) in [6.45, 7) is 3.44. The standard InChI is InChI=1S/C11H16FNO2S/c1-8(2)16(14,15)7-10-5-9(6-13)3-4-11(10)12/h3-5,8H,6-7,13H2,1-2H3. The summed E-state index contributed by atoms with van der Waals surface area (Å²) in [5, 5.41) is -0.506. The van der Waals surface area contributed by atoms with Crippen LogP contribution < -0.4 is 5.73 Å². The van der Waals surface area contributed by atoms with Gasteiger partial charge in [0.05, 0.1) is 11.0 Å². The summed E-state index contributed by atoms with van der Waals surface area (Å²) in [5.74, 6) is -0.772. The van der Waals surface area contributed by atoms with Crippen LogP contribution in [0.5, 0.6) is 0 Å². The summed E-state index contributed by atoms with van der Waals surface area (Å²) in [6, 6.07) is 4.32. The van der Waals surface area contributed by atoms with Crippen LogP contribution in [-0.4, -0.2) is 13.7 Å². The van der Waals surface area contributed by atoms with Crippen molar-refractivity contribution in [3.8, 4) is 0 Å². The van der Waals surface area contributed by atoms with E-state index < -0.39 is 20.9 Å². The molecular formula is C11H16FNO2S. The lowest BCUT2D eigenvalue weighted by Gasteiger charge is -2.09. The normalized spacial score (nSPS) is 12.1. The summed E-state index contributed by atoms with van der Waals surface area (Å²) < 4.78 is 36.7. The maximum Gasteiger partial charge on any atom is 0.156 e. The zero-order valence-corrected chi connectivity index (χ0v) is 10.2. The van der Waals surface area contributed by atoms with Crippen LogP contribution in [0, 0.1) is 5.82 Å². The Balaban J connectivity index is 3.06. The molecule has 0 aliphatic heterocycles. The molecule has 0 unspecified atom stereocenters. The van der Waals surface area contributed by atoms with Crippen LogP contribution >= 0.6 is 0 Å². The minimum Gasteiger partial charge on any atom is -0.326 e. The molecule has 0 bridgehead atoms. The fourth-order valence-corrected chi connectivity index (χ4v) is 2.24. The Morgan fingerprint density at radius 1 is 1.38 bits per heavy atom. The van der Waals surface area contributed by atoms with Crippen molar-refractivity contribution in [2.24, 2.45) is 5.73 Å². The number of benzene rings is 1. The highest BCUT2D eigenvalue weighted by Gasteiger charge is 2.19. The van der Waals surface area contributed by atoms with E-state index in [1.807, 2.05) is 0 Å². The number of rotatable bonds is 4. The zero-order chi connectivity index (χ0) is 12.3. The van der Waals surface area contributed by atoms with Crippen molar-refractivity contribution in [3.63, 3.8) is 0 Å². The Bertz CT molecular complexity index is 469. The molecule has 3 nitrogen and oxygen atoms in total. The first-order chi connectivity index (χ1) is 7.36. The Labute approximate surface area is 95.4 Å². The van der Waals surface area contributed by atoms with E-state index in [1.54, 1.807) is 19.9 Å². The van der Waals surface area contributed by atoms with E-state index in [1.165, 1.54) is 12.1 Å². The molecule has 5 heteroatoms. The van der Waals surface area contributed by atoms with Crippen LogP contribution in [0.4, 0.5) is 4.39 Å². The van der Waals surface area contributed by atoms with Gasteiger partial charge in [0, 0.05) is 12.1 Å². The van der Waals surface area contributed by atoms with Crippen molar-refractivity contribution < 1.29 is 12.8 Å². The van der Waals surface area contributed by atoms with Gasteiger partial charge in [-0.25, -0.2) is 12.8 Å². The molecule has 90 valence electrons. The van der Waals surface area contributed by atoms with Crippen LogP contribution in [-0.2, 0) is 22.1 Å². The lowest BCUT2D eigenvalue weighted by Crippen LogP contribution is -2.17. The highest BCUT2D eigenvalue weighted by Crippen LogP contribution is 2.16. The number of hydrogen-bond donors (Lipinski definition) is 1. The summed E-state index contributed by atoms with van der Waals surface area (Å²) >= 11 is 0. The van der Waals surface area contributed by atoms with Gasteiger partial charge in [-0.15, -0.1) is 0 Å². The molecule has 0 radical (unpaired) electrons. The predicted octanol–water partition coefficient (Wildman–Crippen LogP) is 1.61. The molecule has 1 aromatic rings. The first-order valence-electron chi connectivity index (χ1n) is 5.05. The van der Waals surface area contributed by atoms with Gasteiger partial charge >= 0.3 is 0 Å². The van der Waals surface area contributed by atoms with Crippen LogP contribution in [0.1, 0.15) is 25.0 Å². The Morgan fingerprint density at radius 3 is 2.50 bits per heavy atom. The first-order valence-corrected chi connectivity index (χ1v) is 6.77. The van der Waals surface area contributed by atoms with Gasteiger partial charge in [0.25, 0.3) is 0 Å². The Morgan fingerprint density at radius 2 is 2.00 bits per heavy atom. The van der Waals surface area contributed by atoms with Gasteiger partial charge in [0.2, 0.25) is 0 Å².